The van der Waals surface area contributed by atoms with Crippen molar-refractivity contribution in [1.82, 2.24) is 14.9 Å². The highest BCUT2D eigenvalue weighted by molar-refractivity contribution is 5.82. The Bertz CT molecular complexity index is 1170. The lowest BCUT2D eigenvalue weighted by molar-refractivity contribution is -0.126. The predicted octanol–water partition coefficient (Wildman–Crippen LogP) is 5.81. The molecule has 0 bridgehead atoms. The number of ketones is 1. The van der Waals surface area contributed by atoms with Crippen LogP contribution in [0.25, 0.3) is 16.8 Å². The fraction of sp³-hybridized carbons (Fsp3) is 0.517. The number of ether oxygens (including phenoxy) is 1. The molecule has 0 radical (unpaired) electrons. The summed E-state index contributed by atoms with van der Waals surface area (Å²) in [5.41, 5.74) is 4.84. The van der Waals surface area contributed by atoms with Crippen LogP contribution in [0.15, 0.2) is 36.4 Å². The first kappa shape index (κ1) is 23.7. The Morgan fingerprint density at radius 1 is 1.09 bits per heavy atom. The van der Waals surface area contributed by atoms with E-state index in [0.717, 1.165) is 48.2 Å². The van der Waals surface area contributed by atoms with Crippen molar-refractivity contribution in [2.75, 3.05) is 13.1 Å². The van der Waals surface area contributed by atoms with Gasteiger partial charge in [0.15, 0.2) is 5.82 Å². The van der Waals surface area contributed by atoms with Crippen LogP contribution in [0, 0.1) is 11.8 Å². The van der Waals surface area contributed by atoms with E-state index in [1.165, 1.54) is 5.56 Å². The summed E-state index contributed by atoms with van der Waals surface area (Å²) >= 11 is 0. The van der Waals surface area contributed by atoms with Gasteiger partial charge in [-0.1, -0.05) is 43.3 Å². The normalized spacial score (nSPS) is 24.3. The molecule has 1 fully saturated rings. The molecule has 6 nitrogen and oxygen atoms in total. The number of rotatable bonds is 2. The van der Waals surface area contributed by atoms with Gasteiger partial charge in [-0.2, -0.15) is 0 Å². The Balaban J connectivity index is 1.55. The molecule has 1 saturated carbocycles. The fourth-order valence-electron chi connectivity index (χ4n) is 5.85. The van der Waals surface area contributed by atoms with E-state index in [0.29, 0.717) is 37.0 Å². The van der Waals surface area contributed by atoms with E-state index in [4.69, 9.17) is 14.7 Å². The van der Waals surface area contributed by atoms with Crippen LogP contribution in [0.1, 0.15) is 76.4 Å². The van der Waals surface area contributed by atoms with Gasteiger partial charge in [0, 0.05) is 41.5 Å². The molecule has 0 saturated heterocycles. The number of amides is 1. The van der Waals surface area contributed by atoms with Crippen molar-refractivity contribution in [2.45, 2.75) is 71.3 Å². The van der Waals surface area contributed by atoms with Crippen LogP contribution < -0.4 is 0 Å². The van der Waals surface area contributed by atoms with Crippen LogP contribution in [0.4, 0.5) is 4.79 Å². The molecule has 5 rings (SSSR count). The Morgan fingerprint density at radius 3 is 2.60 bits per heavy atom. The zero-order valence-corrected chi connectivity index (χ0v) is 21.2. The van der Waals surface area contributed by atoms with Gasteiger partial charge in [-0.3, -0.25) is 4.79 Å². The highest BCUT2D eigenvalue weighted by Crippen LogP contribution is 2.47. The van der Waals surface area contributed by atoms with Gasteiger partial charge in [-0.05, 0) is 52.4 Å². The highest BCUT2D eigenvalue weighted by atomic mass is 16.6. The van der Waals surface area contributed by atoms with Crippen LogP contribution in [0.5, 0.6) is 0 Å². The quantitative estimate of drug-likeness (QED) is 0.550. The molecule has 1 aromatic carbocycles. The topological polar surface area (TPSA) is 72.4 Å². The molecule has 0 spiro atoms. The third-order valence-electron chi connectivity index (χ3n) is 7.62. The van der Waals surface area contributed by atoms with E-state index in [9.17, 15) is 9.59 Å². The van der Waals surface area contributed by atoms with Crippen LogP contribution >= 0.6 is 0 Å². The maximum atomic E-state index is 12.8. The molecule has 0 N–H and O–H groups in total. The second-order valence-electron chi connectivity index (χ2n) is 11.1. The van der Waals surface area contributed by atoms with Crippen molar-refractivity contribution in [3.05, 3.63) is 53.5 Å². The lowest BCUT2D eigenvalue weighted by Gasteiger charge is -2.40. The highest BCUT2D eigenvalue weighted by Gasteiger charge is 2.41. The van der Waals surface area contributed by atoms with Crippen molar-refractivity contribution in [2.24, 2.45) is 11.8 Å². The molecule has 2 heterocycles. The van der Waals surface area contributed by atoms with E-state index in [1.807, 2.05) is 39.0 Å². The minimum atomic E-state index is -0.536. The predicted molar refractivity (Wildman–Crippen MR) is 136 cm³/mol. The third-order valence-corrected chi connectivity index (χ3v) is 7.62. The first-order chi connectivity index (χ1) is 16.7. The molecule has 184 valence electrons. The Morgan fingerprint density at radius 2 is 1.86 bits per heavy atom. The zero-order chi connectivity index (χ0) is 24.7. The molecule has 1 aromatic heterocycles. The summed E-state index contributed by atoms with van der Waals surface area (Å²) in [6, 6.07) is 10.3. The smallest absolute Gasteiger partial charge is 0.410 e. The van der Waals surface area contributed by atoms with Gasteiger partial charge >= 0.3 is 6.09 Å². The van der Waals surface area contributed by atoms with Crippen molar-refractivity contribution in [3.63, 3.8) is 0 Å². The van der Waals surface area contributed by atoms with Crippen LogP contribution in [0.2, 0.25) is 0 Å². The monoisotopic (exact) mass is 473 g/mol. The minimum Gasteiger partial charge on any atom is -0.444 e. The third kappa shape index (κ3) is 4.75. The van der Waals surface area contributed by atoms with Crippen molar-refractivity contribution in [1.29, 1.82) is 0 Å². The van der Waals surface area contributed by atoms with Gasteiger partial charge in [0.05, 0.1) is 17.9 Å². The van der Waals surface area contributed by atoms with E-state index in [-0.39, 0.29) is 17.9 Å². The maximum absolute atomic E-state index is 12.8. The van der Waals surface area contributed by atoms with Crippen molar-refractivity contribution >= 4 is 17.4 Å². The molecule has 3 atom stereocenters. The molecule has 3 unspecified atom stereocenters. The number of fused-ring (bicyclic) bond motifs is 3. The number of hydrogen-bond donors (Lipinski definition) is 0. The van der Waals surface area contributed by atoms with E-state index in [1.54, 1.807) is 4.90 Å². The number of benzene rings is 1. The number of aromatic nitrogens is 2. The van der Waals surface area contributed by atoms with Gasteiger partial charge in [-0.15, -0.1) is 0 Å². The summed E-state index contributed by atoms with van der Waals surface area (Å²) in [5.74, 6) is 1.78. The molecule has 1 aliphatic heterocycles. The minimum absolute atomic E-state index is 0.0806. The first-order valence-corrected chi connectivity index (χ1v) is 12.9. The van der Waals surface area contributed by atoms with E-state index in [2.05, 4.69) is 25.1 Å². The van der Waals surface area contributed by atoms with Crippen LogP contribution in [-0.4, -0.2) is 45.4 Å². The SMILES string of the molecule is CC1C(=O)CCC2c3nc(C4=CCCN(C(=O)OC(C)(C)C)C4)nc(-c4ccccc4)c3CCC12. The van der Waals surface area contributed by atoms with Gasteiger partial charge in [-0.25, -0.2) is 14.8 Å². The summed E-state index contributed by atoms with van der Waals surface area (Å²) in [6.07, 6.45) is 5.97. The lowest BCUT2D eigenvalue weighted by atomic mass is 9.64. The largest absolute Gasteiger partial charge is 0.444 e. The molecule has 2 aromatic rings. The summed E-state index contributed by atoms with van der Waals surface area (Å²) in [4.78, 5) is 37.2. The maximum Gasteiger partial charge on any atom is 0.410 e. The Hall–Kier alpha value is -3.02. The Kier molecular flexibility index (Phi) is 6.24. The molecule has 2 aliphatic carbocycles. The summed E-state index contributed by atoms with van der Waals surface area (Å²) < 4.78 is 5.62. The Labute approximate surface area is 207 Å². The number of nitrogens with zero attached hydrogens (tertiary/aromatic N) is 3. The van der Waals surface area contributed by atoms with Gasteiger partial charge in [0.1, 0.15) is 11.4 Å². The second kappa shape index (κ2) is 9.21. The van der Waals surface area contributed by atoms with Crippen molar-refractivity contribution < 1.29 is 14.3 Å². The van der Waals surface area contributed by atoms with E-state index >= 15 is 0 Å². The molecule has 3 aliphatic rings. The molecule has 6 heteroatoms. The zero-order valence-electron chi connectivity index (χ0n) is 21.2. The number of Topliss-reactive ketones (excluding diaryl/α,β-unsaturated/α-hetero) is 1. The molecule has 1 amide bonds. The summed E-state index contributed by atoms with van der Waals surface area (Å²) in [7, 11) is 0. The van der Waals surface area contributed by atoms with E-state index < -0.39 is 5.60 Å². The standard InChI is InChI=1S/C29H35N3O3/c1-18-21-12-13-23-25(19-9-6-5-7-10-19)30-27(31-26(23)22(21)14-15-24(18)33)20-11-8-16-32(17-20)28(34)35-29(2,3)4/h5-7,9-11,18,21-22H,8,12-17H2,1-4H3. The number of carbonyl (C=O) groups excluding carboxylic acids is 2. The number of hydrogen-bond acceptors (Lipinski definition) is 5. The van der Waals surface area contributed by atoms with Crippen LogP contribution in [-0.2, 0) is 16.0 Å². The average molecular weight is 474 g/mol. The van der Waals surface area contributed by atoms with Crippen LogP contribution in [0.3, 0.4) is 0 Å². The second-order valence-corrected chi connectivity index (χ2v) is 11.1. The molecule has 35 heavy (non-hydrogen) atoms. The lowest BCUT2D eigenvalue weighted by Crippen LogP contribution is -2.40. The summed E-state index contributed by atoms with van der Waals surface area (Å²) in [5, 5.41) is 0. The van der Waals surface area contributed by atoms with Gasteiger partial charge in [0.25, 0.3) is 0 Å². The number of carbonyl (C=O) groups is 2. The summed E-state index contributed by atoms with van der Waals surface area (Å²) in [6.45, 7) is 8.81. The average Bonchev–Trinajstić information content (AvgIpc) is 2.85. The van der Waals surface area contributed by atoms with Crippen molar-refractivity contribution in [3.8, 4) is 11.3 Å². The molecular formula is C29H35N3O3. The fourth-order valence-corrected chi connectivity index (χ4v) is 5.85. The molecular weight excluding hydrogens is 438 g/mol. The first-order valence-electron chi connectivity index (χ1n) is 12.9. The van der Waals surface area contributed by atoms with Gasteiger partial charge < -0.3 is 9.64 Å². The van der Waals surface area contributed by atoms with Gasteiger partial charge in [0.2, 0.25) is 0 Å².